The predicted molar refractivity (Wildman–Crippen MR) is 179 cm³/mol. The number of aromatic carboxylic acids is 1. The zero-order chi connectivity index (χ0) is 32.8. The summed E-state index contributed by atoms with van der Waals surface area (Å²) in [5.41, 5.74) is 5.34. The van der Waals surface area contributed by atoms with Crippen molar-refractivity contribution in [1.29, 1.82) is 0 Å². The number of carbonyl (C=O) groups excluding carboxylic acids is 1. The number of pyridine rings is 1. The van der Waals surface area contributed by atoms with E-state index in [1.807, 2.05) is 79.7 Å². The van der Waals surface area contributed by atoms with Crippen molar-refractivity contribution in [2.24, 2.45) is 5.92 Å². The van der Waals surface area contributed by atoms with Gasteiger partial charge >= 0.3 is 5.97 Å². The molecule has 1 amide bonds. The van der Waals surface area contributed by atoms with E-state index in [1.165, 1.54) is 17.8 Å². The molecule has 1 aromatic heterocycles. The first kappa shape index (κ1) is 34.2. The van der Waals surface area contributed by atoms with Crippen molar-refractivity contribution in [2.45, 2.75) is 47.4 Å². The lowest BCUT2D eigenvalue weighted by molar-refractivity contribution is -0.268. The molecule has 4 aromatic rings. The van der Waals surface area contributed by atoms with Gasteiger partial charge in [0.2, 0.25) is 0 Å². The highest BCUT2D eigenvalue weighted by molar-refractivity contribution is 7.99. The van der Waals surface area contributed by atoms with Crippen molar-refractivity contribution in [3.05, 3.63) is 119 Å². The van der Waals surface area contributed by atoms with Crippen LogP contribution in [0.1, 0.15) is 51.9 Å². The Morgan fingerprint density at radius 3 is 2.30 bits per heavy atom. The maximum Gasteiger partial charge on any atom is 0.338 e. The smallest absolute Gasteiger partial charge is 0.338 e. The van der Waals surface area contributed by atoms with E-state index in [0.29, 0.717) is 10.8 Å². The predicted octanol–water partition coefficient (Wildman–Crippen LogP) is 7.51. The Morgan fingerprint density at radius 1 is 0.935 bits per heavy atom. The number of benzene rings is 3. The molecule has 12 heteroatoms. The minimum absolute atomic E-state index is 0.0584. The summed E-state index contributed by atoms with van der Waals surface area (Å²) in [7, 11) is 0. The number of hydrogen-bond donors (Lipinski definition) is 3. The standard InChI is InChI=1S/C34H31Cl3N2O6S/c1-20-28(19-46-30-27(31(41)42)7-4-16-38-30)44-32(45-29(20)23-10-8-21(18-40)9-11-23)24-14-12-22(13-15-24)26-6-3-2-5-25(26)17-39-33(43)34(35,36)37/h2-16,20,28-29,32,40H,17-19H2,1H3,(H,39,43)(H,41,42)/t20-,28+,29+,32+/m1/s1. The molecule has 0 radical (unpaired) electrons. The van der Waals surface area contributed by atoms with Crippen LogP contribution in [0.15, 0.2) is 96.2 Å². The summed E-state index contributed by atoms with van der Waals surface area (Å²) < 4.78 is 11.0. The highest BCUT2D eigenvalue weighted by Crippen LogP contribution is 2.43. The number of carbonyl (C=O) groups is 2. The molecule has 0 saturated carbocycles. The Bertz CT molecular complexity index is 1670. The maximum atomic E-state index is 12.1. The Balaban J connectivity index is 1.39. The summed E-state index contributed by atoms with van der Waals surface area (Å²) in [4.78, 5) is 28.2. The second-order valence-corrected chi connectivity index (χ2v) is 14.0. The summed E-state index contributed by atoms with van der Waals surface area (Å²) >= 11 is 18.5. The number of nitrogens with one attached hydrogen (secondary N) is 1. The Kier molecular flexibility index (Phi) is 11.3. The lowest BCUT2D eigenvalue weighted by atomic mass is 9.91. The summed E-state index contributed by atoms with van der Waals surface area (Å²) in [6.45, 7) is 2.16. The molecule has 1 aliphatic rings. The molecule has 3 aromatic carbocycles. The zero-order valence-electron chi connectivity index (χ0n) is 24.6. The van der Waals surface area contributed by atoms with Gasteiger partial charge in [-0.2, -0.15) is 0 Å². The van der Waals surface area contributed by atoms with Crippen molar-refractivity contribution in [1.82, 2.24) is 10.3 Å². The Morgan fingerprint density at radius 2 is 1.63 bits per heavy atom. The highest BCUT2D eigenvalue weighted by Gasteiger charge is 2.38. The van der Waals surface area contributed by atoms with Crippen LogP contribution in [-0.2, 0) is 27.4 Å². The summed E-state index contributed by atoms with van der Waals surface area (Å²) in [5.74, 6) is -1.38. The van der Waals surface area contributed by atoms with Gasteiger partial charge in [0, 0.05) is 30.0 Å². The van der Waals surface area contributed by atoms with E-state index < -0.39 is 22.0 Å². The van der Waals surface area contributed by atoms with E-state index >= 15 is 0 Å². The maximum absolute atomic E-state index is 12.1. The molecule has 0 aliphatic carbocycles. The van der Waals surface area contributed by atoms with Crippen LogP contribution in [0.25, 0.3) is 11.1 Å². The van der Waals surface area contributed by atoms with Gasteiger partial charge in [-0.25, -0.2) is 9.78 Å². The van der Waals surface area contributed by atoms with Gasteiger partial charge in [0.1, 0.15) is 5.03 Å². The second-order valence-electron chi connectivity index (χ2n) is 10.8. The van der Waals surface area contributed by atoms with Gasteiger partial charge < -0.3 is 25.0 Å². The molecule has 46 heavy (non-hydrogen) atoms. The molecule has 4 atom stereocenters. The van der Waals surface area contributed by atoms with Crippen molar-refractivity contribution in [2.75, 3.05) is 5.75 Å². The fourth-order valence-corrected chi connectivity index (χ4v) is 6.54. The normalized spacial score (nSPS) is 19.8. The number of aromatic nitrogens is 1. The van der Waals surface area contributed by atoms with Gasteiger partial charge in [0.05, 0.1) is 24.4 Å². The van der Waals surface area contributed by atoms with Gasteiger partial charge in [-0.3, -0.25) is 4.79 Å². The van der Waals surface area contributed by atoms with Crippen LogP contribution in [0.3, 0.4) is 0 Å². The molecule has 240 valence electrons. The van der Waals surface area contributed by atoms with Gasteiger partial charge in [0.15, 0.2) is 6.29 Å². The summed E-state index contributed by atoms with van der Waals surface area (Å²) in [6, 6.07) is 26.2. The number of carboxylic acid groups (broad SMARTS) is 1. The first-order chi connectivity index (χ1) is 22.0. The second kappa shape index (κ2) is 15.2. The zero-order valence-corrected chi connectivity index (χ0v) is 27.7. The molecular formula is C34H31Cl3N2O6S. The number of aliphatic hydroxyl groups is 1. The number of rotatable bonds is 10. The Hall–Kier alpha value is -3.15. The van der Waals surface area contributed by atoms with E-state index in [2.05, 4.69) is 10.3 Å². The summed E-state index contributed by atoms with van der Waals surface area (Å²) in [6.07, 6.45) is 0.227. The SMILES string of the molecule is C[C@@H]1[C@H](CSc2ncccc2C(=O)O)O[C@H](c2ccc(-c3ccccc3CNC(=O)C(Cl)(Cl)Cl)cc2)O[C@@H]1c1ccc(CO)cc1. The lowest BCUT2D eigenvalue weighted by Crippen LogP contribution is -2.38. The van der Waals surface area contributed by atoms with Crippen LogP contribution >= 0.6 is 46.6 Å². The monoisotopic (exact) mass is 700 g/mol. The fraction of sp³-hybridized carbons (Fsp3) is 0.265. The first-order valence-electron chi connectivity index (χ1n) is 14.4. The van der Waals surface area contributed by atoms with E-state index in [9.17, 15) is 19.8 Å². The van der Waals surface area contributed by atoms with Crippen LogP contribution in [-0.4, -0.2) is 42.7 Å². The van der Waals surface area contributed by atoms with Gasteiger partial charge in [-0.15, -0.1) is 11.8 Å². The van der Waals surface area contributed by atoms with E-state index in [0.717, 1.165) is 33.4 Å². The topological polar surface area (TPSA) is 118 Å². The molecule has 0 spiro atoms. The molecule has 1 fully saturated rings. The van der Waals surface area contributed by atoms with Gasteiger partial charge in [-0.05, 0) is 39.9 Å². The summed E-state index contributed by atoms with van der Waals surface area (Å²) in [5, 5.41) is 22.2. The van der Waals surface area contributed by atoms with Crippen LogP contribution in [0.4, 0.5) is 0 Å². The third-order valence-corrected chi connectivity index (χ3v) is 9.33. The van der Waals surface area contributed by atoms with E-state index in [4.69, 9.17) is 44.3 Å². The average Bonchev–Trinajstić information content (AvgIpc) is 3.06. The van der Waals surface area contributed by atoms with Crippen LogP contribution in [0.2, 0.25) is 0 Å². The number of hydrogen-bond acceptors (Lipinski definition) is 7. The molecule has 1 saturated heterocycles. The van der Waals surface area contributed by atoms with Crippen molar-refractivity contribution in [3.8, 4) is 11.1 Å². The molecule has 8 nitrogen and oxygen atoms in total. The Labute approximate surface area is 286 Å². The molecule has 0 unspecified atom stereocenters. The number of nitrogens with zero attached hydrogens (tertiary/aromatic N) is 1. The van der Waals surface area contributed by atoms with Gasteiger partial charge in [0.25, 0.3) is 9.70 Å². The minimum Gasteiger partial charge on any atom is -0.478 e. The van der Waals surface area contributed by atoms with Crippen molar-refractivity contribution >= 4 is 58.4 Å². The number of ether oxygens (including phenoxy) is 2. The molecule has 3 N–H and O–H groups in total. The van der Waals surface area contributed by atoms with Crippen LogP contribution in [0, 0.1) is 5.92 Å². The number of aliphatic hydroxyl groups excluding tert-OH is 1. The molecule has 2 heterocycles. The fourth-order valence-electron chi connectivity index (χ4n) is 5.19. The van der Waals surface area contributed by atoms with E-state index in [1.54, 1.807) is 12.3 Å². The number of amides is 1. The van der Waals surface area contributed by atoms with Crippen molar-refractivity contribution in [3.63, 3.8) is 0 Å². The number of thioether (sulfide) groups is 1. The van der Waals surface area contributed by atoms with Crippen molar-refractivity contribution < 1.29 is 29.3 Å². The number of carboxylic acids is 1. The van der Waals surface area contributed by atoms with Crippen LogP contribution in [0.5, 0.6) is 0 Å². The molecule has 1 aliphatic heterocycles. The number of halogens is 3. The first-order valence-corrected chi connectivity index (χ1v) is 16.5. The lowest BCUT2D eigenvalue weighted by Gasteiger charge is -2.41. The third kappa shape index (κ3) is 8.22. The quantitative estimate of drug-likeness (QED) is 0.115. The van der Waals surface area contributed by atoms with E-state index in [-0.39, 0.29) is 36.8 Å². The van der Waals surface area contributed by atoms with Crippen LogP contribution < -0.4 is 5.32 Å². The van der Waals surface area contributed by atoms with Gasteiger partial charge in [-0.1, -0.05) is 115 Å². The molecule has 5 rings (SSSR count). The molecule has 0 bridgehead atoms. The minimum atomic E-state index is -2.06. The third-order valence-electron chi connectivity index (χ3n) is 7.72. The largest absolute Gasteiger partial charge is 0.478 e. The number of alkyl halides is 3. The average molecular weight is 702 g/mol. The molecular weight excluding hydrogens is 671 g/mol. The highest BCUT2D eigenvalue weighted by atomic mass is 35.6.